The first-order valence-electron chi connectivity index (χ1n) is 5.34. The second-order valence-electron chi connectivity index (χ2n) is 3.77. The van der Waals surface area contributed by atoms with Crippen molar-refractivity contribution in [1.29, 1.82) is 0 Å². The molecule has 0 radical (unpaired) electrons. The molecule has 0 aliphatic rings. The number of hydrogen-bond acceptors (Lipinski definition) is 3. The summed E-state index contributed by atoms with van der Waals surface area (Å²) in [5.74, 6) is -1.07. The molecule has 1 heterocycles. The van der Waals surface area contributed by atoms with Crippen molar-refractivity contribution in [3.05, 3.63) is 52.7 Å². The van der Waals surface area contributed by atoms with Crippen LogP contribution in [0.5, 0.6) is 5.75 Å². The number of carboxylic acids is 1. The second kappa shape index (κ2) is 6.61. The predicted molar refractivity (Wildman–Crippen MR) is 70.0 cm³/mol. The van der Waals surface area contributed by atoms with Crippen molar-refractivity contribution in [3.63, 3.8) is 0 Å². The number of carbonyl (C=O) groups is 1. The van der Waals surface area contributed by atoms with Crippen LogP contribution in [0.1, 0.15) is 15.9 Å². The molecule has 0 fully saturated rings. The van der Waals surface area contributed by atoms with E-state index in [1.807, 2.05) is 25.3 Å². The molecule has 0 saturated carbocycles. The maximum absolute atomic E-state index is 10.8. The smallest absolute Gasteiger partial charge is 0.335 e. The lowest BCUT2D eigenvalue weighted by molar-refractivity contribution is -0.360. The van der Waals surface area contributed by atoms with Gasteiger partial charge in [0.2, 0.25) is 0 Å². The van der Waals surface area contributed by atoms with Crippen LogP contribution in [0.15, 0.2) is 36.5 Å². The van der Waals surface area contributed by atoms with Crippen LogP contribution in [0.3, 0.4) is 0 Å². The van der Waals surface area contributed by atoms with Gasteiger partial charge in [0, 0.05) is 11.1 Å². The minimum absolute atomic E-state index is 0.252. The number of nitrogen functional groups attached to an aromatic ring is 1. The monoisotopic (exact) mass is 280 g/mol. The summed E-state index contributed by atoms with van der Waals surface area (Å²) < 4.78 is 0. The topological polar surface area (TPSA) is 101 Å². The summed E-state index contributed by atoms with van der Waals surface area (Å²) in [6.45, 7) is 2.01. The Morgan fingerprint density at radius 1 is 1.37 bits per heavy atom. The first kappa shape index (κ1) is 14.8. The van der Waals surface area contributed by atoms with E-state index >= 15 is 0 Å². The average Bonchev–Trinajstić information content (AvgIpc) is 2.36. The maximum atomic E-state index is 10.8. The van der Waals surface area contributed by atoms with Gasteiger partial charge in [-0.1, -0.05) is 23.4 Å². The first-order chi connectivity index (χ1) is 8.90. The Labute approximate surface area is 115 Å². The molecule has 2 rings (SSSR count). The van der Waals surface area contributed by atoms with Crippen LogP contribution in [0, 0.1) is 6.92 Å². The summed E-state index contributed by atoms with van der Waals surface area (Å²) in [6, 6.07) is 7.43. The van der Waals surface area contributed by atoms with Gasteiger partial charge >= 0.3 is 5.97 Å². The predicted octanol–water partition coefficient (Wildman–Crippen LogP) is 1.50. The number of H-pyrrole nitrogens is 1. The molecule has 0 atom stereocenters. The van der Waals surface area contributed by atoms with Crippen molar-refractivity contribution in [2.24, 2.45) is 0 Å². The molecule has 0 unspecified atom stereocenters. The molecule has 0 saturated heterocycles. The SMILES string of the molecule is Cc1ccc(N)[nH+]c1.O=C(O)c1cc(Cl)ccc1[O-]. The number of nitrogens with two attached hydrogens (primary N) is 1. The molecular weight excluding hydrogens is 268 g/mol. The number of rotatable bonds is 1. The molecule has 0 bridgehead atoms. The lowest BCUT2D eigenvalue weighted by Gasteiger charge is -2.08. The number of carboxylic acid groups (broad SMARTS) is 1. The number of nitrogens with one attached hydrogen (secondary N) is 1. The third-order valence-electron chi connectivity index (χ3n) is 2.16. The minimum atomic E-state index is -1.25. The van der Waals surface area contributed by atoms with Crippen LogP contribution in [0.25, 0.3) is 0 Å². The first-order valence-corrected chi connectivity index (χ1v) is 5.71. The highest BCUT2D eigenvalue weighted by atomic mass is 35.5. The van der Waals surface area contributed by atoms with Crippen molar-refractivity contribution in [2.75, 3.05) is 5.73 Å². The van der Waals surface area contributed by atoms with Crippen molar-refractivity contribution < 1.29 is 20.0 Å². The number of anilines is 1. The molecular formula is C13H13ClN2O3. The van der Waals surface area contributed by atoms with Gasteiger partial charge in [0.25, 0.3) is 5.82 Å². The standard InChI is InChI=1S/C7H5ClO3.C6H8N2/c8-4-1-2-6(9)5(3-4)7(10)11;1-5-2-3-6(7)8-4-5/h1-3,9H,(H,10,11);2-4H,1H3,(H2,7,8). The van der Waals surface area contributed by atoms with Gasteiger partial charge in [-0.25, -0.2) is 9.78 Å². The van der Waals surface area contributed by atoms with E-state index in [2.05, 4.69) is 4.98 Å². The van der Waals surface area contributed by atoms with Crippen LogP contribution in [0.4, 0.5) is 5.82 Å². The molecule has 4 N–H and O–H groups in total. The van der Waals surface area contributed by atoms with E-state index in [9.17, 15) is 9.90 Å². The molecule has 1 aromatic carbocycles. The number of aryl methyl sites for hydroxylation is 1. The summed E-state index contributed by atoms with van der Waals surface area (Å²) in [4.78, 5) is 13.2. The van der Waals surface area contributed by atoms with Gasteiger partial charge in [-0.15, -0.1) is 0 Å². The molecule has 1 aromatic heterocycles. The zero-order chi connectivity index (χ0) is 14.4. The van der Waals surface area contributed by atoms with E-state index in [0.717, 1.165) is 12.1 Å². The summed E-state index contributed by atoms with van der Waals surface area (Å²) in [5.41, 5.74) is 6.27. The fraction of sp³-hybridized carbons (Fsp3) is 0.0769. The summed E-state index contributed by atoms with van der Waals surface area (Å²) in [6.07, 6.45) is 1.87. The Hall–Kier alpha value is -2.27. The van der Waals surface area contributed by atoms with Crippen molar-refractivity contribution in [1.82, 2.24) is 0 Å². The van der Waals surface area contributed by atoms with E-state index in [-0.39, 0.29) is 10.6 Å². The lowest BCUT2D eigenvalue weighted by atomic mass is 10.2. The number of benzene rings is 1. The third kappa shape index (κ3) is 4.85. The van der Waals surface area contributed by atoms with E-state index in [1.165, 1.54) is 11.6 Å². The third-order valence-corrected chi connectivity index (χ3v) is 2.40. The summed E-state index contributed by atoms with van der Waals surface area (Å²) >= 11 is 5.46. The largest absolute Gasteiger partial charge is 0.872 e. The molecule has 100 valence electrons. The second-order valence-corrected chi connectivity index (χ2v) is 4.20. The zero-order valence-electron chi connectivity index (χ0n) is 10.2. The van der Waals surface area contributed by atoms with Gasteiger partial charge in [-0.2, -0.15) is 0 Å². The summed E-state index contributed by atoms with van der Waals surface area (Å²) in [7, 11) is 0. The molecule has 0 amide bonds. The molecule has 0 aliphatic carbocycles. The Morgan fingerprint density at radius 3 is 2.47 bits per heavy atom. The van der Waals surface area contributed by atoms with Gasteiger partial charge < -0.3 is 10.2 Å². The highest BCUT2D eigenvalue weighted by Crippen LogP contribution is 2.18. The number of aromatic nitrogens is 1. The Balaban J connectivity index is 0.000000200. The summed E-state index contributed by atoms with van der Waals surface area (Å²) in [5, 5.41) is 19.5. The quantitative estimate of drug-likeness (QED) is 0.826. The fourth-order valence-electron chi connectivity index (χ4n) is 1.18. The van der Waals surface area contributed by atoms with Crippen LogP contribution < -0.4 is 15.8 Å². The van der Waals surface area contributed by atoms with Crippen LogP contribution in [-0.2, 0) is 0 Å². The number of aromatic amines is 1. The molecule has 0 aliphatic heterocycles. The van der Waals surface area contributed by atoms with Gasteiger partial charge in [0.1, 0.15) is 0 Å². The Morgan fingerprint density at radius 2 is 2.05 bits per heavy atom. The molecule has 19 heavy (non-hydrogen) atoms. The van der Waals surface area contributed by atoms with Crippen LogP contribution >= 0.6 is 11.6 Å². The lowest BCUT2D eigenvalue weighted by Crippen LogP contribution is -2.08. The highest BCUT2D eigenvalue weighted by molar-refractivity contribution is 6.31. The highest BCUT2D eigenvalue weighted by Gasteiger charge is 2.02. The van der Waals surface area contributed by atoms with E-state index in [0.29, 0.717) is 5.82 Å². The van der Waals surface area contributed by atoms with Gasteiger partial charge in [-0.05, 0) is 30.7 Å². The normalized spacial score (nSPS) is 9.37. The van der Waals surface area contributed by atoms with Crippen molar-refractivity contribution >= 4 is 23.4 Å². The van der Waals surface area contributed by atoms with Gasteiger partial charge in [0.05, 0.1) is 11.8 Å². The maximum Gasteiger partial charge on any atom is 0.335 e. The van der Waals surface area contributed by atoms with E-state index in [1.54, 1.807) is 0 Å². The van der Waals surface area contributed by atoms with Gasteiger partial charge in [0.15, 0.2) is 0 Å². The number of halogens is 1. The molecule has 0 spiro atoms. The Kier molecular flexibility index (Phi) is 5.14. The minimum Gasteiger partial charge on any atom is -0.872 e. The molecule has 2 aromatic rings. The van der Waals surface area contributed by atoms with E-state index < -0.39 is 11.7 Å². The number of hydrogen-bond donors (Lipinski definition) is 2. The fourth-order valence-corrected chi connectivity index (χ4v) is 1.36. The molecule has 5 nitrogen and oxygen atoms in total. The van der Waals surface area contributed by atoms with Crippen molar-refractivity contribution in [2.45, 2.75) is 6.92 Å². The number of aromatic carboxylic acids is 1. The van der Waals surface area contributed by atoms with Crippen molar-refractivity contribution in [3.8, 4) is 5.75 Å². The average molecular weight is 281 g/mol. The van der Waals surface area contributed by atoms with Gasteiger partial charge in [-0.3, -0.25) is 5.73 Å². The van der Waals surface area contributed by atoms with Crippen LogP contribution in [0.2, 0.25) is 5.02 Å². The number of pyridine rings is 1. The Bertz CT molecular complexity index is 550. The molecule has 6 heteroatoms. The zero-order valence-corrected chi connectivity index (χ0v) is 10.9. The van der Waals surface area contributed by atoms with Crippen LogP contribution in [-0.4, -0.2) is 11.1 Å². The van der Waals surface area contributed by atoms with E-state index in [4.69, 9.17) is 22.4 Å².